The van der Waals surface area contributed by atoms with Crippen LogP contribution in [0, 0.1) is 0 Å². The Morgan fingerprint density at radius 2 is 2.00 bits per heavy atom. The lowest BCUT2D eigenvalue weighted by atomic mass is 9.92. The number of amides is 1. The highest BCUT2D eigenvalue weighted by atomic mass is 16.5. The Morgan fingerprint density at radius 3 is 2.70 bits per heavy atom. The molecule has 6 nitrogen and oxygen atoms in total. The molecule has 2 N–H and O–H groups in total. The normalized spacial score (nSPS) is 14.7. The summed E-state index contributed by atoms with van der Waals surface area (Å²) in [7, 11) is 1.49. The molecule has 1 aromatic carbocycles. The molecule has 0 radical (unpaired) electrons. The fraction of sp³-hybridized carbons (Fsp3) is 0.529. The lowest BCUT2D eigenvalue weighted by Crippen LogP contribution is -2.43. The molecule has 1 aliphatic rings. The van der Waals surface area contributed by atoms with Crippen LogP contribution in [0.15, 0.2) is 18.2 Å². The van der Waals surface area contributed by atoms with Crippen LogP contribution in [-0.2, 0) is 27.2 Å². The number of rotatable bonds is 8. The second kappa shape index (κ2) is 8.53. The van der Waals surface area contributed by atoms with Crippen LogP contribution in [0.25, 0.3) is 0 Å². The van der Waals surface area contributed by atoms with E-state index in [9.17, 15) is 9.59 Å². The van der Waals surface area contributed by atoms with Crippen LogP contribution in [0.5, 0.6) is 5.75 Å². The van der Waals surface area contributed by atoms with E-state index in [0.29, 0.717) is 5.75 Å². The van der Waals surface area contributed by atoms with E-state index in [-0.39, 0.29) is 19.6 Å². The van der Waals surface area contributed by atoms with Crippen molar-refractivity contribution in [1.82, 2.24) is 5.32 Å². The largest absolute Gasteiger partial charge is 0.484 e. The van der Waals surface area contributed by atoms with Crippen LogP contribution < -0.4 is 10.1 Å². The first-order chi connectivity index (χ1) is 11.1. The van der Waals surface area contributed by atoms with Gasteiger partial charge >= 0.3 is 5.97 Å². The third-order valence-corrected chi connectivity index (χ3v) is 3.93. The Hall–Kier alpha value is -2.08. The Balaban J connectivity index is 1.84. The topological polar surface area (TPSA) is 84.9 Å². The Bertz CT molecular complexity index is 558. The number of benzene rings is 1. The van der Waals surface area contributed by atoms with Crippen molar-refractivity contribution in [1.29, 1.82) is 0 Å². The van der Waals surface area contributed by atoms with Crippen molar-refractivity contribution in [3.8, 4) is 5.75 Å². The highest BCUT2D eigenvalue weighted by Gasteiger charge is 2.19. The third-order valence-electron chi connectivity index (χ3n) is 3.93. The summed E-state index contributed by atoms with van der Waals surface area (Å²) in [5, 5.41) is 11.5. The summed E-state index contributed by atoms with van der Waals surface area (Å²) < 4.78 is 10.3. The number of aliphatic carboxylic acids is 1. The number of fused-ring (bicyclic) bond motifs is 1. The first-order valence-electron chi connectivity index (χ1n) is 7.86. The molecule has 1 unspecified atom stereocenters. The first-order valence-corrected chi connectivity index (χ1v) is 7.86. The zero-order chi connectivity index (χ0) is 16.7. The van der Waals surface area contributed by atoms with E-state index in [4.69, 9.17) is 14.6 Å². The summed E-state index contributed by atoms with van der Waals surface area (Å²) in [4.78, 5) is 22.9. The molecule has 1 amide bonds. The number of carboxylic acid groups (broad SMARTS) is 1. The number of carboxylic acids is 1. The number of carbonyl (C=O) groups is 2. The summed E-state index contributed by atoms with van der Waals surface area (Å²) in [6, 6.07) is 4.91. The number of carbonyl (C=O) groups excluding carboxylic acids is 1. The number of methoxy groups -OCH3 is 1. The minimum absolute atomic E-state index is 0.199. The maximum Gasteiger partial charge on any atom is 0.326 e. The van der Waals surface area contributed by atoms with Gasteiger partial charge in [0.05, 0.1) is 0 Å². The zero-order valence-corrected chi connectivity index (χ0v) is 13.3. The summed E-state index contributed by atoms with van der Waals surface area (Å²) in [5.41, 5.74) is 2.62. The molecule has 1 atom stereocenters. The Morgan fingerprint density at radius 1 is 1.26 bits per heavy atom. The summed E-state index contributed by atoms with van der Waals surface area (Å²) in [6.45, 7) is 0.0679. The minimum Gasteiger partial charge on any atom is -0.484 e. The van der Waals surface area contributed by atoms with Gasteiger partial charge in [0, 0.05) is 20.1 Å². The Kier molecular flexibility index (Phi) is 6.40. The number of hydrogen-bond acceptors (Lipinski definition) is 4. The van der Waals surface area contributed by atoms with Crippen molar-refractivity contribution in [3.63, 3.8) is 0 Å². The van der Waals surface area contributed by atoms with Crippen LogP contribution in [0.3, 0.4) is 0 Å². The second-order valence-corrected chi connectivity index (χ2v) is 5.67. The molecule has 23 heavy (non-hydrogen) atoms. The Labute approximate surface area is 135 Å². The van der Waals surface area contributed by atoms with Crippen LogP contribution in [-0.4, -0.2) is 43.3 Å². The smallest absolute Gasteiger partial charge is 0.326 e. The van der Waals surface area contributed by atoms with Gasteiger partial charge in [-0.15, -0.1) is 0 Å². The van der Waals surface area contributed by atoms with Crippen molar-refractivity contribution in [2.75, 3.05) is 20.3 Å². The molecule has 1 aliphatic carbocycles. The van der Waals surface area contributed by atoms with Crippen LogP contribution in [0.4, 0.5) is 0 Å². The van der Waals surface area contributed by atoms with Crippen LogP contribution in [0.2, 0.25) is 0 Å². The quantitative estimate of drug-likeness (QED) is 0.759. The van der Waals surface area contributed by atoms with E-state index >= 15 is 0 Å². The SMILES string of the molecule is COCCC(NC(=O)COc1ccc2c(c1)CCCC2)C(=O)O. The molecular weight excluding hydrogens is 298 g/mol. The molecule has 0 bridgehead atoms. The molecule has 126 valence electrons. The lowest BCUT2D eigenvalue weighted by Gasteiger charge is -2.17. The maximum atomic E-state index is 11.8. The van der Waals surface area contributed by atoms with Gasteiger partial charge in [0.1, 0.15) is 11.8 Å². The first kappa shape index (κ1) is 17.3. The molecule has 1 aromatic rings. The maximum absolute atomic E-state index is 11.8. The highest BCUT2D eigenvalue weighted by Crippen LogP contribution is 2.25. The van der Waals surface area contributed by atoms with Crippen molar-refractivity contribution in [2.45, 2.75) is 38.1 Å². The van der Waals surface area contributed by atoms with Crippen LogP contribution >= 0.6 is 0 Å². The highest BCUT2D eigenvalue weighted by molar-refractivity contribution is 5.84. The van der Waals surface area contributed by atoms with E-state index in [0.717, 1.165) is 12.8 Å². The van der Waals surface area contributed by atoms with E-state index in [1.165, 1.54) is 31.1 Å². The van der Waals surface area contributed by atoms with Crippen molar-refractivity contribution in [3.05, 3.63) is 29.3 Å². The van der Waals surface area contributed by atoms with E-state index in [1.54, 1.807) is 0 Å². The van der Waals surface area contributed by atoms with E-state index < -0.39 is 17.9 Å². The minimum atomic E-state index is -1.08. The summed E-state index contributed by atoms with van der Waals surface area (Å²) >= 11 is 0. The molecule has 2 rings (SSSR count). The van der Waals surface area contributed by atoms with E-state index in [1.807, 2.05) is 18.2 Å². The number of hydrogen-bond donors (Lipinski definition) is 2. The van der Waals surface area contributed by atoms with Gasteiger partial charge in [0.15, 0.2) is 6.61 Å². The van der Waals surface area contributed by atoms with Crippen LogP contribution in [0.1, 0.15) is 30.4 Å². The number of nitrogens with one attached hydrogen (secondary N) is 1. The predicted octanol–water partition coefficient (Wildman–Crippen LogP) is 1.55. The number of ether oxygens (including phenoxy) is 2. The molecule has 6 heteroatoms. The summed E-state index contributed by atoms with van der Waals surface area (Å²) in [6.07, 6.45) is 4.74. The van der Waals surface area contributed by atoms with E-state index in [2.05, 4.69) is 5.32 Å². The van der Waals surface area contributed by atoms with Gasteiger partial charge in [-0.05, 0) is 48.9 Å². The monoisotopic (exact) mass is 321 g/mol. The average Bonchev–Trinajstić information content (AvgIpc) is 2.56. The zero-order valence-electron chi connectivity index (χ0n) is 13.3. The van der Waals surface area contributed by atoms with Gasteiger partial charge in [0.2, 0.25) is 0 Å². The molecule has 0 aliphatic heterocycles. The van der Waals surface area contributed by atoms with Gasteiger partial charge in [-0.3, -0.25) is 4.79 Å². The summed E-state index contributed by atoms with van der Waals surface area (Å²) in [5.74, 6) is -0.889. The molecule has 0 fully saturated rings. The molecule has 0 heterocycles. The molecule has 0 saturated carbocycles. The van der Waals surface area contributed by atoms with Gasteiger partial charge in [0.25, 0.3) is 5.91 Å². The van der Waals surface area contributed by atoms with Gasteiger partial charge in [-0.1, -0.05) is 6.07 Å². The predicted molar refractivity (Wildman–Crippen MR) is 84.6 cm³/mol. The number of aryl methyl sites for hydroxylation is 2. The molecule has 0 aromatic heterocycles. The molecule has 0 spiro atoms. The van der Waals surface area contributed by atoms with Gasteiger partial charge in [-0.25, -0.2) is 4.79 Å². The lowest BCUT2D eigenvalue weighted by molar-refractivity contribution is -0.142. The van der Waals surface area contributed by atoms with Gasteiger partial charge in [-0.2, -0.15) is 0 Å². The second-order valence-electron chi connectivity index (χ2n) is 5.67. The molecule has 0 saturated heterocycles. The third kappa shape index (κ3) is 5.25. The van der Waals surface area contributed by atoms with Crippen molar-refractivity contribution >= 4 is 11.9 Å². The van der Waals surface area contributed by atoms with Crippen molar-refractivity contribution in [2.24, 2.45) is 0 Å². The van der Waals surface area contributed by atoms with Crippen molar-refractivity contribution < 1.29 is 24.2 Å². The standard InChI is InChI=1S/C17H23NO5/c1-22-9-8-15(17(20)21)18-16(19)11-23-14-7-6-12-4-2-3-5-13(12)10-14/h6-7,10,15H,2-5,8-9,11H2,1H3,(H,18,19)(H,20,21). The average molecular weight is 321 g/mol. The molecular formula is C17H23NO5. The fourth-order valence-electron chi connectivity index (χ4n) is 2.68. The van der Waals surface area contributed by atoms with Gasteiger partial charge < -0.3 is 19.9 Å². The fourth-order valence-corrected chi connectivity index (χ4v) is 2.68.